The number of nitrogens with one attached hydrogen (secondary N) is 2. The van der Waals surface area contributed by atoms with Crippen molar-refractivity contribution in [3.63, 3.8) is 0 Å². The van der Waals surface area contributed by atoms with Gasteiger partial charge in [0, 0.05) is 28.1 Å². The van der Waals surface area contributed by atoms with Crippen LogP contribution in [-0.2, 0) is 25.5 Å². The van der Waals surface area contributed by atoms with Crippen LogP contribution in [0.15, 0.2) is 87.1 Å². The summed E-state index contributed by atoms with van der Waals surface area (Å²) < 4.78 is 51.0. The molecule has 0 aliphatic carbocycles. The molecule has 0 spiro atoms. The fraction of sp³-hybridized carbons (Fsp3) is 0.0455. The topological polar surface area (TPSA) is 129 Å². The molecule has 0 saturated carbocycles. The van der Waals surface area contributed by atoms with Gasteiger partial charge in [0.1, 0.15) is 5.69 Å². The number of halogens is 1. The minimum Gasteiger partial charge on any atom is -0.350 e. The van der Waals surface area contributed by atoms with Gasteiger partial charge in [-0.1, -0.05) is 34.1 Å². The maximum atomic E-state index is 13.0. The lowest BCUT2D eigenvalue weighted by molar-refractivity contribution is 0.102. The third kappa shape index (κ3) is 5.21. The molecule has 0 saturated heterocycles. The van der Waals surface area contributed by atoms with E-state index in [2.05, 4.69) is 26.2 Å². The van der Waals surface area contributed by atoms with E-state index in [0.29, 0.717) is 21.4 Å². The predicted molar refractivity (Wildman–Crippen MR) is 133 cm³/mol. The number of H-pyrrole nitrogens is 1. The number of carbonyl (C=O) groups is 1. The maximum absolute atomic E-state index is 13.0. The Kier molecular flexibility index (Phi) is 6.86. The number of anilines is 2. The Morgan fingerprint density at radius 1 is 1.06 bits per heavy atom. The van der Waals surface area contributed by atoms with Crippen molar-refractivity contribution in [3.05, 3.63) is 83.0 Å². The van der Waals surface area contributed by atoms with Gasteiger partial charge in [-0.3, -0.25) is 9.35 Å². The molecule has 9 nitrogen and oxygen atoms in total. The van der Waals surface area contributed by atoms with Crippen LogP contribution in [0.4, 0.5) is 11.4 Å². The first-order valence-corrected chi connectivity index (χ1v) is 13.0. The second kappa shape index (κ2) is 9.68. The molecular formula is C22H18BrN3O6S2. The number of rotatable bonds is 7. The van der Waals surface area contributed by atoms with Crippen LogP contribution in [0, 0.1) is 0 Å². The molecule has 1 aromatic heterocycles. The summed E-state index contributed by atoms with van der Waals surface area (Å²) >= 11 is 0.808. The van der Waals surface area contributed by atoms with E-state index >= 15 is 0 Å². The van der Waals surface area contributed by atoms with E-state index in [1.807, 2.05) is 0 Å². The first-order valence-electron chi connectivity index (χ1n) is 9.71. The second-order valence-electron chi connectivity index (χ2n) is 7.19. The van der Waals surface area contributed by atoms with Crippen molar-refractivity contribution in [2.75, 3.05) is 17.4 Å². The summed E-state index contributed by atoms with van der Waals surface area (Å²) in [5, 5.41) is 4.57. The summed E-state index contributed by atoms with van der Waals surface area (Å²) in [6, 6.07) is 19.1. The summed E-state index contributed by atoms with van der Waals surface area (Å²) in [5.41, 5.74) is 1.67. The summed E-state index contributed by atoms with van der Waals surface area (Å²) in [7, 11) is -2.30. The molecule has 0 aliphatic rings. The number of nitrogens with zero attached hydrogens (tertiary/aromatic N) is 1. The van der Waals surface area contributed by atoms with Crippen molar-refractivity contribution in [3.8, 4) is 0 Å². The molecule has 0 bridgehead atoms. The number of amides is 1. The number of fused-ring (bicyclic) bond motifs is 1. The van der Waals surface area contributed by atoms with E-state index in [1.165, 1.54) is 31.3 Å². The Bertz CT molecular complexity index is 1520. The normalized spacial score (nSPS) is 12.4. The van der Waals surface area contributed by atoms with Crippen molar-refractivity contribution in [2.24, 2.45) is 0 Å². The molecule has 4 rings (SSSR count). The fourth-order valence-electron chi connectivity index (χ4n) is 3.28. The minimum absolute atomic E-state index is 0.0500. The third-order valence-electron chi connectivity index (χ3n) is 4.90. The number of benzene rings is 3. The fourth-order valence-corrected chi connectivity index (χ4v) is 5.46. The van der Waals surface area contributed by atoms with Gasteiger partial charge in [-0.2, -0.15) is 4.21 Å². The van der Waals surface area contributed by atoms with Crippen molar-refractivity contribution in [1.29, 1.82) is 0 Å². The van der Waals surface area contributed by atoms with Crippen molar-refractivity contribution in [2.45, 2.75) is 9.79 Å². The monoisotopic (exact) mass is 563 g/mol. The standard InChI is InChI=1S/C22H18BrN3O6S2/c1-26(32-33(28)29)17-9-8-14-10-21(25-20(14)13-17)22(27)24-16-5-3-7-19(12-16)34(30,31)18-6-2-4-15(23)11-18/h2-13,25H,1H3,(H,24,27)(H,28,29). The molecule has 176 valence electrons. The Hall–Kier alpha value is -3.03. The molecule has 1 amide bonds. The smallest absolute Gasteiger partial charge is 0.325 e. The van der Waals surface area contributed by atoms with Gasteiger partial charge in [-0.25, -0.2) is 13.5 Å². The van der Waals surface area contributed by atoms with Crippen LogP contribution in [0.3, 0.4) is 0 Å². The van der Waals surface area contributed by atoms with Gasteiger partial charge in [0.25, 0.3) is 5.91 Å². The zero-order chi connectivity index (χ0) is 24.5. The van der Waals surface area contributed by atoms with E-state index in [9.17, 15) is 17.4 Å². The second-order valence-corrected chi connectivity index (χ2v) is 10.6. The molecule has 12 heteroatoms. The quantitative estimate of drug-likeness (QED) is 0.222. The summed E-state index contributed by atoms with van der Waals surface area (Å²) in [4.78, 5) is 16.0. The Labute approximate surface area is 206 Å². The first-order chi connectivity index (χ1) is 16.1. The van der Waals surface area contributed by atoms with E-state index in [-0.39, 0.29) is 15.5 Å². The zero-order valence-electron chi connectivity index (χ0n) is 17.6. The average Bonchev–Trinajstić information content (AvgIpc) is 3.22. The van der Waals surface area contributed by atoms with Crippen molar-refractivity contribution in [1.82, 2.24) is 4.98 Å². The Balaban J connectivity index is 1.57. The van der Waals surface area contributed by atoms with Crippen LogP contribution in [0.5, 0.6) is 0 Å². The Morgan fingerprint density at radius 2 is 1.76 bits per heavy atom. The van der Waals surface area contributed by atoms with E-state index in [1.54, 1.807) is 48.5 Å². The van der Waals surface area contributed by atoms with Crippen LogP contribution in [0.25, 0.3) is 10.9 Å². The van der Waals surface area contributed by atoms with Gasteiger partial charge in [-0.05, 0) is 54.6 Å². The highest BCUT2D eigenvalue weighted by atomic mass is 79.9. The highest BCUT2D eigenvalue weighted by molar-refractivity contribution is 9.10. The van der Waals surface area contributed by atoms with Gasteiger partial charge < -0.3 is 10.3 Å². The highest BCUT2D eigenvalue weighted by Gasteiger charge is 2.19. The molecule has 4 aromatic rings. The summed E-state index contributed by atoms with van der Waals surface area (Å²) in [6.07, 6.45) is 0. The third-order valence-corrected chi connectivity index (χ3v) is 7.49. The lowest BCUT2D eigenvalue weighted by Crippen LogP contribution is -2.18. The van der Waals surface area contributed by atoms with Crippen LogP contribution in [-0.4, -0.2) is 35.1 Å². The minimum atomic E-state index is -3.77. The molecule has 0 radical (unpaired) electrons. The molecule has 0 fully saturated rings. The largest absolute Gasteiger partial charge is 0.350 e. The average molecular weight is 564 g/mol. The van der Waals surface area contributed by atoms with Gasteiger partial charge in [0.2, 0.25) is 9.84 Å². The number of hydrogen-bond acceptors (Lipinski definition) is 6. The lowest BCUT2D eigenvalue weighted by atomic mass is 10.2. The van der Waals surface area contributed by atoms with Gasteiger partial charge >= 0.3 is 11.4 Å². The van der Waals surface area contributed by atoms with E-state index in [4.69, 9.17) is 8.84 Å². The number of hydroxylamine groups is 1. The zero-order valence-corrected chi connectivity index (χ0v) is 20.8. The van der Waals surface area contributed by atoms with Gasteiger partial charge in [0.15, 0.2) is 0 Å². The number of sulfone groups is 1. The molecule has 3 N–H and O–H groups in total. The number of aromatic amines is 1. The molecule has 0 aliphatic heterocycles. The van der Waals surface area contributed by atoms with Gasteiger partial charge in [0.05, 0.1) is 15.5 Å². The molecule has 1 atom stereocenters. The van der Waals surface area contributed by atoms with Crippen LogP contribution in [0.2, 0.25) is 0 Å². The molecule has 3 aromatic carbocycles. The summed E-state index contributed by atoms with van der Waals surface area (Å²) in [5.74, 6) is -0.462. The van der Waals surface area contributed by atoms with Crippen LogP contribution >= 0.6 is 15.9 Å². The maximum Gasteiger partial charge on any atom is 0.325 e. The summed E-state index contributed by atoms with van der Waals surface area (Å²) in [6.45, 7) is 0. The first kappa shape index (κ1) is 24.1. The van der Waals surface area contributed by atoms with Gasteiger partial charge in [-0.15, -0.1) is 4.28 Å². The Morgan fingerprint density at radius 3 is 2.47 bits per heavy atom. The molecule has 34 heavy (non-hydrogen) atoms. The van der Waals surface area contributed by atoms with E-state index < -0.39 is 27.1 Å². The number of aromatic nitrogens is 1. The molecule has 1 unspecified atom stereocenters. The van der Waals surface area contributed by atoms with Crippen LogP contribution < -0.4 is 10.4 Å². The molecule has 1 heterocycles. The number of hydrogen-bond donors (Lipinski definition) is 3. The predicted octanol–water partition coefficient (Wildman–Crippen LogP) is 4.52. The SMILES string of the molecule is CN(OS(=O)O)c1ccc2cc(C(=O)Nc3cccc(S(=O)(=O)c4cccc(Br)c4)c3)[nH]c2c1. The highest BCUT2D eigenvalue weighted by Crippen LogP contribution is 2.26. The van der Waals surface area contributed by atoms with E-state index in [0.717, 1.165) is 10.4 Å². The van der Waals surface area contributed by atoms with Crippen molar-refractivity contribution >= 4 is 65.3 Å². The van der Waals surface area contributed by atoms with Crippen LogP contribution in [0.1, 0.15) is 10.5 Å². The van der Waals surface area contributed by atoms with Crippen molar-refractivity contribution < 1.29 is 26.3 Å². The molecular weight excluding hydrogens is 546 g/mol. The lowest BCUT2D eigenvalue weighted by Gasteiger charge is -2.14. The number of carbonyl (C=O) groups excluding carboxylic acids is 1.